The number of nitrogens with zero attached hydrogens (tertiary/aromatic N) is 2. The van der Waals surface area contributed by atoms with Crippen LogP contribution in [0.15, 0.2) is 53.8 Å². The number of nitrogens with one attached hydrogen (secondary N) is 2. The highest BCUT2D eigenvalue weighted by molar-refractivity contribution is 8.00. The number of amides is 1. The highest BCUT2D eigenvalue weighted by Gasteiger charge is 2.15. The molecule has 0 saturated carbocycles. The molecule has 29 heavy (non-hydrogen) atoms. The van der Waals surface area contributed by atoms with Gasteiger partial charge in [-0.3, -0.25) is 4.79 Å². The number of fused-ring (bicyclic) bond motifs is 3. The minimum atomic E-state index is -0.501. The van der Waals surface area contributed by atoms with Gasteiger partial charge in [0.2, 0.25) is 5.91 Å². The third kappa shape index (κ3) is 3.79. The van der Waals surface area contributed by atoms with Gasteiger partial charge in [0.1, 0.15) is 16.9 Å². The molecule has 0 fully saturated rings. The number of carbonyl (C=O) groups is 2. The van der Waals surface area contributed by atoms with E-state index in [4.69, 9.17) is 4.74 Å². The van der Waals surface area contributed by atoms with Crippen LogP contribution in [0, 0.1) is 6.92 Å². The fourth-order valence-electron chi connectivity index (χ4n) is 3.09. The number of methoxy groups -OCH3 is 1. The topological polar surface area (TPSA) is 97.0 Å². The van der Waals surface area contributed by atoms with E-state index in [1.165, 1.54) is 25.2 Å². The van der Waals surface area contributed by atoms with Crippen LogP contribution < -0.4 is 5.32 Å². The number of aromatic nitrogens is 3. The van der Waals surface area contributed by atoms with Crippen LogP contribution in [0.3, 0.4) is 0 Å². The SMILES string of the molecule is COC(=O)c1ccccc1NC(=O)CSc1ncnc2c1[nH]c1ccc(C)cc12. The molecule has 0 unspecified atom stereocenters. The number of carbonyl (C=O) groups excluding carboxylic acids is 2. The van der Waals surface area contributed by atoms with Gasteiger partial charge >= 0.3 is 5.97 Å². The summed E-state index contributed by atoms with van der Waals surface area (Å²) in [6.45, 7) is 2.03. The van der Waals surface area contributed by atoms with Crippen LogP contribution in [0.25, 0.3) is 21.9 Å². The zero-order valence-corrected chi connectivity index (χ0v) is 16.7. The number of rotatable bonds is 5. The lowest BCUT2D eigenvalue weighted by atomic mass is 10.2. The minimum Gasteiger partial charge on any atom is -0.465 e. The van der Waals surface area contributed by atoms with Crippen molar-refractivity contribution in [3.05, 3.63) is 59.9 Å². The van der Waals surface area contributed by atoms with Gasteiger partial charge in [-0.15, -0.1) is 0 Å². The fourth-order valence-corrected chi connectivity index (χ4v) is 3.85. The molecule has 0 aliphatic carbocycles. The van der Waals surface area contributed by atoms with E-state index in [9.17, 15) is 9.59 Å². The zero-order valence-electron chi connectivity index (χ0n) is 15.9. The highest BCUT2D eigenvalue weighted by Crippen LogP contribution is 2.30. The first kappa shape index (κ1) is 18.9. The highest BCUT2D eigenvalue weighted by atomic mass is 32.2. The van der Waals surface area contributed by atoms with Crippen molar-refractivity contribution in [1.82, 2.24) is 15.0 Å². The molecule has 0 aliphatic rings. The second-order valence-corrected chi connectivity index (χ2v) is 7.41. The molecule has 2 heterocycles. The first-order chi connectivity index (χ1) is 14.1. The first-order valence-corrected chi connectivity index (χ1v) is 9.88. The molecule has 8 heteroatoms. The Bertz CT molecular complexity index is 1240. The minimum absolute atomic E-state index is 0.135. The van der Waals surface area contributed by atoms with Crippen LogP contribution in [0.2, 0.25) is 0 Å². The number of thioether (sulfide) groups is 1. The smallest absolute Gasteiger partial charge is 0.339 e. The Labute approximate surface area is 170 Å². The molecule has 7 nitrogen and oxygen atoms in total. The molecule has 0 bridgehead atoms. The van der Waals surface area contributed by atoms with Gasteiger partial charge in [0.05, 0.1) is 29.6 Å². The standard InChI is InChI=1S/C21H18N4O3S/c1-12-7-8-16-14(9-12)18-19(25-16)20(23-11-22-18)29-10-17(26)24-15-6-4-3-5-13(15)21(27)28-2/h3-9,11,25H,10H2,1-2H3,(H,24,26). The maximum Gasteiger partial charge on any atom is 0.339 e. The normalized spacial score (nSPS) is 11.0. The van der Waals surface area contributed by atoms with E-state index >= 15 is 0 Å². The largest absolute Gasteiger partial charge is 0.465 e. The summed E-state index contributed by atoms with van der Waals surface area (Å²) in [7, 11) is 1.30. The molecular weight excluding hydrogens is 388 g/mol. The Morgan fingerprint density at radius 3 is 2.83 bits per heavy atom. The average Bonchev–Trinajstić information content (AvgIpc) is 3.10. The lowest BCUT2D eigenvalue weighted by Crippen LogP contribution is -2.17. The van der Waals surface area contributed by atoms with Crippen molar-refractivity contribution in [3.8, 4) is 0 Å². The van der Waals surface area contributed by atoms with Crippen LogP contribution in [-0.2, 0) is 9.53 Å². The molecule has 2 aromatic heterocycles. The summed E-state index contributed by atoms with van der Waals surface area (Å²) in [5.41, 5.74) is 4.49. The van der Waals surface area contributed by atoms with E-state index in [0.29, 0.717) is 16.3 Å². The Hall–Kier alpha value is -3.39. The number of benzene rings is 2. The van der Waals surface area contributed by atoms with Crippen molar-refractivity contribution in [2.45, 2.75) is 11.9 Å². The molecule has 2 N–H and O–H groups in total. The summed E-state index contributed by atoms with van der Waals surface area (Å²) in [5.74, 6) is -0.611. The summed E-state index contributed by atoms with van der Waals surface area (Å²) < 4.78 is 4.76. The van der Waals surface area contributed by atoms with Crippen molar-refractivity contribution in [2.75, 3.05) is 18.2 Å². The van der Waals surface area contributed by atoms with Crippen LogP contribution in [0.1, 0.15) is 15.9 Å². The third-order valence-corrected chi connectivity index (χ3v) is 5.44. The molecule has 0 saturated heterocycles. The second-order valence-electron chi connectivity index (χ2n) is 6.45. The average molecular weight is 406 g/mol. The van der Waals surface area contributed by atoms with Crippen molar-refractivity contribution in [3.63, 3.8) is 0 Å². The second kappa shape index (κ2) is 7.92. The molecule has 4 aromatic rings. The van der Waals surface area contributed by atoms with E-state index in [-0.39, 0.29) is 11.7 Å². The predicted octanol–water partition coefficient (Wildman–Crippen LogP) is 3.94. The van der Waals surface area contributed by atoms with Crippen molar-refractivity contribution >= 4 is 51.3 Å². The number of anilines is 1. The van der Waals surface area contributed by atoms with Crippen LogP contribution in [0.5, 0.6) is 0 Å². The number of esters is 1. The zero-order chi connectivity index (χ0) is 20.4. The Kier molecular flexibility index (Phi) is 5.18. The lowest BCUT2D eigenvalue weighted by Gasteiger charge is -2.09. The van der Waals surface area contributed by atoms with E-state index in [0.717, 1.165) is 27.5 Å². The van der Waals surface area contributed by atoms with E-state index in [1.807, 2.05) is 19.1 Å². The number of aryl methyl sites for hydroxylation is 1. The van der Waals surface area contributed by atoms with Gasteiger partial charge in [-0.25, -0.2) is 14.8 Å². The number of aromatic amines is 1. The predicted molar refractivity (Wildman–Crippen MR) is 113 cm³/mol. The number of H-pyrrole nitrogens is 1. The molecule has 0 radical (unpaired) electrons. The maximum atomic E-state index is 12.5. The van der Waals surface area contributed by atoms with Gasteiger partial charge in [0.25, 0.3) is 0 Å². The summed E-state index contributed by atoms with van der Waals surface area (Å²) in [4.78, 5) is 36.4. The molecule has 1 amide bonds. The number of hydrogen-bond donors (Lipinski definition) is 2. The Morgan fingerprint density at radius 1 is 1.17 bits per heavy atom. The van der Waals surface area contributed by atoms with Gasteiger partial charge in [-0.1, -0.05) is 35.5 Å². The van der Waals surface area contributed by atoms with Crippen LogP contribution in [0.4, 0.5) is 5.69 Å². The Morgan fingerprint density at radius 2 is 2.00 bits per heavy atom. The first-order valence-electron chi connectivity index (χ1n) is 8.90. The van der Waals surface area contributed by atoms with Crippen LogP contribution in [-0.4, -0.2) is 39.7 Å². The van der Waals surface area contributed by atoms with Crippen LogP contribution >= 0.6 is 11.8 Å². The van der Waals surface area contributed by atoms with Gasteiger partial charge in [0, 0.05) is 10.9 Å². The van der Waals surface area contributed by atoms with Crippen molar-refractivity contribution in [1.29, 1.82) is 0 Å². The van der Waals surface area contributed by atoms with E-state index in [2.05, 4.69) is 26.3 Å². The van der Waals surface area contributed by atoms with Gasteiger partial charge < -0.3 is 15.0 Å². The fraction of sp³-hybridized carbons (Fsp3) is 0.143. The summed E-state index contributed by atoms with van der Waals surface area (Å²) in [6, 6.07) is 12.8. The monoisotopic (exact) mass is 406 g/mol. The summed E-state index contributed by atoms with van der Waals surface area (Å²) in [6.07, 6.45) is 1.50. The van der Waals surface area contributed by atoms with Gasteiger partial charge in [0.15, 0.2) is 0 Å². The van der Waals surface area contributed by atoms with E-state index < -0.39 is 5.97 Å². The van der Waals surface area contributed by atoms with Crippen molar-refractivity contribution < 1.29 is 14.3 Å². The third-order valence-electron chi connectivity index (χ3n) is 4.45. The van der Waals surface area contributed by atoms with Gasteiger partial charge in [-0.2, -0.15) is 0 Å². The number of ether oxygens (including phenoxy) is 1. The van der Waals surface area contributed by atoms with Gasteiger partial charge in [-0.05, 0) is 31.2 Å². The molecule has 0 aliphatic heterocycles. The number of hydrogen-bond acceptors (Lipinski definition) is 6. The molecular formula is C21H18N4O3S. The molecule has 146 valence electrons. The Balaban J connectivity index is 1.54. The summed E-state index contributed by atoms with van der Waals surface area (Å²) >= 11 is 1.31. The maximum absolute atomic E-state index is 12.5. The number of para-hydroxylation sites is 1. The molecule has 4 rings (SSSR count). The molecule has 0 spiro atoms. The quantitative estimate of drug-likeness (QED) is 0.296. The molecule has 2 aromatic carbocycles. The van der Waals surface area contributed by atoms with Crippen molar-refractivity contribution in [2.24, 2.45) is 0 Å². The molecule has 0 atom stereocenters. The summed E-state index contributed by atoms with van der Waals surface area (Å²) in [5, 5.41) is 4.49. The lowest BCUT2D eigenvalue weighted by molar-refractivity contribution is -0.113. The van der Waals surface area contributed by atoms with E-state index in [1.54, 1.807) is 24.3 Å².